The fraction of sp³-hybridized carbons (Fsp3) is 0.125. The fourth-order valence-electron chi connectivity index (χ4n) is 2.16. The van der Waals surface area contributed by atoms with Crippen molar-refractivity contribution < 1.29 is 4.79 Å². The highest BCUT2D eigenvalue weighted by molar-refractivity contribution is 5.99. The summed E-state index contributed by atoms with van der Waals surface area (Å²) in [5, 5.41) is 0. The number of H-pyrrole nitrogens is 1. The van der Waals surface area contributed by atoms with Crippen LogP contribution < -0.4 is 4.90 Å². The van der Waals surface area contributed by atoms with Crippen LogP contribution in [0.15, 0.2) is 54.6 Å². The summed E-state index contributed by atoms with van der Waals surface area (Å²) in [4.78, 5) is 21.6. The Kier molecular flexibility index (Phi) is 3.21. The van der Waals surface area contributed by atoms with E-state index in [1.165, 1.54) is 0 Å². The van der Waals surface area contributed by atoms with Crippen LogP contribution in [0, 0.1) is 0 Å². The monoisotopic (exact) mass is 265 g/mol. The van der Waals surface area contributed by atoms with Crippen LogP contribution in [-0.4, -0.2) is 15.9 Å². The van der Waals surface area contributed by atoms with Crippen molar-refractivity contribution in [3.8, 4) is 0 Å². The number of para-hydroxylation sites is 3. The van der Waals surface area contributed by atoms with E-state index in [2.05, 4.69) is 9.97 Å². The molecule has 0 saturated heterocycles. The zero-order chi connectivity index (χ0) is 13.9. The van der Waals surface area contributed by atoms with E-state index in [1.54, 1.807) is 4.90 Å². The summed E-state index contributed by atoms with van der Waals surface area (Å²) in [6.45, 7) is 1.85. The molecule has 0 aliphatic rings. The molecule has 0 aliphatic heterocycles. The second-order valence-electron chi connectivity index (χ2n) is 4.50. The SMILES string of the molecule is CCC(=O)N(c1ccccc1)c1nc2ccccc2[nH]1. The predicted molar refractivity (Wildman–Crippen MR) is 80.0 cm³/mol. The zero-order valence-corrected chi connectivity index (χ0v) is 11.2. The highest BCUT2D eigenvalue weighted by atomic mass is 16.2. The molecule has 2 aromatic carbocycles. The van der Waals surface area contributed by atoms with E-state index in [-0.39, 0.29) is 5.91 Å². The number of carbonyl (C=O) groups is 1. The van der Waals surface area contributed by atoms with Crippen molar-refractivity contribution in [1.82, 2.24) is 9.97 Å². The van der Waals surface area contributed by atoms with Crippen LogP contribution >= 0.6 is 0 Å². The summed E-state index contributed by atoms with van der Waals surface area (Å²) >= 11 is 0. The lowest BCUT2D eigenvalue weighted by Crippen LogP contribution is -2.25. The van der Waals surface area contributed by atoms with Gasteiger partial charge in [-0.25, -0.2) is 4.98 Å². The lowest BCUT2D eigenvalue weighted by molar-refractivity contribution is -0.117. The first-order chi connectivity index (χ1) is 9.79. The molecule has 1 amide bonds. The fourth-order valence-corrected chi connectivity index (χ4v) is 2.16. The molecule has 20 heavy (non-hydrogen) atoms. The Balaban J connectivity index is 2.12. The molecule has 3 rings (SSSR count). The van der Waals surface area contributed by atoms with E-state index in [4.69, 9.17) is 0 Å². The van der Waals surface area contributed by atoms with Crippen molar-refractivity contribution in [2.45, 2.75) is 13.3 Å². The van der Waals surface area contributed by atoms with Crippen LogP contribution in [0.3, 0.4) is 0 Å². The first-order valence-electron chi connectivity index (χ1n) is 6.62. The largest absolute Gasteiger partial charge is 0.323 e. The smallest absolute Gasteiger partial charge is 0.233 e. The summed E-state index contributed by atoms with van der Waals surface area (Å²) in [6, 6.07) is 17.3. The molecule has 0 fully saturated rings. The second kappa shape index (κ2) is 5.17. The Morgan fingerprint density at radius 1 is 1.10 bits per heavy atom. The standard InChI is InChI=1S/C16H15N3O/c1-2-15(20)19(12-8-4-3-5-9-12)16-17-13-10-6-7-11-14(13)18-16/h3-11H,2H2,1H3,(H,17,18). The molecule has 4 heteroatoms. The number of amides is 1. The van der Waals surface area contributed by atoms with Gasteiger partial charge in [0.05, 0.1) is 16.7 Å². The predicted octanol–water partition coefficient (Wildman–Crippen LogP) is 3.64. The molecular weight excluding hydrogens is 250 g/mol. The third kappa shape index (κ3) is 2.16. The van der Waals surface area contributed by atoms with E-state index in [0.717, 1.165) is 16.7 Å². The molecule has 1 heterocycles. The Morgan fingerprint density at radius 2 is 1.80 bits per heavy atom. The first kappa shape index (κ1) is 12.4. The van der Waals surface area contributed by atoms with Gasteiger partial charge >= 0.3 is 0 Å². The van der Waals surface area contributed by atoms with Crippen LogP contribution in [-0.2, 0) is 4.79 Å². The molecule has 4 nitrogen and oxygen atoms in total. The van der Waals surface area contributed by atoms with Gasteiger partial charge in [0.25, 0.3) is 0 Å². The van der Waals surface area contributed by atoms with Crippen molar-refractivity contribution >= 4 is 28.6 Å². The van der Waals surface area contributed by atoms with Gasteiger partial charge in [-0.15, -0.1) is 0 Å². The number of aromatic amines is 1. The van der Waals surface area contributed by atoms with E-state index in [9.17, 15) is 4.79 Å². The van der Waals surface area contributed by atoms with Gasteiger partial charge in [-0.1, -0.05) is 37.3 Å². The number of rotatable bonds is 3. The van der Waals surface area contributed by atoms with Gasteiger partial charge in [0.1, 0.15) is 0 Å². The number of hydrogen-bond donors (Lipinski definition) is 1. The van der Waals surface area contributed by atoms with Crippen LogP contribution in [0.4, 0.5) is 11.6 Å². The van der Waals surface area contributed by atoms with Gasteiger partial charge in [0.15, 0.2) is 0 Å². The van der Waals surface area contributed by atoms with Crippen molar-refractivity contribution in [1.29, 1.82) is 0 Å². The molecule has 0 atom stereocenters. The number of hydrogen-bond acceptors (Lipinski definition) is 2. The summed E-state index contributed by atoms with van der Waals surface area (Å²) in [7, 11) is 0. The van der Waals surface area contributed by atoms with E-state index >= 15 is 0 Å². The molecule has 1 N–H and O–H groups in total. The maximum Gasteiger partial charge on any atom is 0.233 e. The number of aromatic nitrogens is 2. The minimum atomic E-state index is 0.00950. The molecule has 0 radical (unpaired) electrons. The lowest BCUT2D eigenvalue weighted by Gasteiger charge is -2.19. The Bertz CT molecular complexity index is 701. The van der Waals surface area contributed by atoms with Crippen molar-refractivity contribution in [3.63, 3.8) is 0 Å². The number of carbonyl (C=O) groups excluding carboxylic acids is 1. The average molecular weight is 265 g/mol. The summed E-state index contributed by atoms with van der Waals surface area (Å²) in [6.07, 6.45) is 0.423. The normalized spacial score (nSPS) is 10.7. The van der Waals surface area contributed by atoms with E-state index < -0.39 is 0 Å². The van der Waals surface area contributed by atoms with Gasteiger partial charge in [-0.2, -0.15) is 0 Å². The van der Waals surface area contributed by atoms with Crippen LogP contribution in [0.5, 0.6) is 0 Å². The zero-order valence-electron chi connectivity index (χ0n) is 11.2. The number of anilines is 2. The number of benzene rings is 2. The second-order valence-corrected chi connectivity index (χ2v) is 4.50. The molecule has 0 unspecified atom stereocenters. The molecule has 1 aromatic heterocycles. The van der Waals surface area contributed by atoms with Crippen molar-refractivity contribution in [2.75, 3.05) is 4.90 Å². The van der Waals surface area contributed by atoms with E-state index in [1.807, 2.05) is 61.5 Å². The highest BCUT2D eigenvalue weighted by Crippen LogP contribution is 2.25. The molecule has 0 bridgehead atoms. The van der Waals surface area contributed by atoms with Crippen molar-refractivity contribution in [2.24, 2.45) is 0 Å². The highest BCUT2D eigenvalue weighted by Gasteiger charge is 2.19. The van der Waals surface area contributed by atoms with Gasteiger partial charge in [-0.3, -0.25) is 9.69 Å². The number of nitrogens with one attached hydrogen (secondary N) is 1. The molecule has 3 aromatic rings. The molecular formula is C16H15N3O. The van der Waals surface area contributed by atoms with Gasteiger partial charge in [0.2, 0.25) is 11.9 Å². The number of imidazole rings is 1. The van der Waals surface area contributed by atoms with Crippen LogP contribution in [0.1, 0.15) is 13.3 Å². The topological polar surface area (TPSA) is 49.0 Å². The Morgan fingerprint density at radius 3 is 2.50 bits per heavy atom. The van der Waals surface area contributed by atoms with Crippen LogP contribution in [0.2, 0.25) is 0 Å². The third-order valence-electron chi connectivity index (χ3n) is 3.15. The molecule has 0 aliphatic carbocycles. The lowest BCUT2D eigenvalue weighted by atomic mass is 10.3. The Labute approximate surface area is 117 Å². The molecule has 100 valence electrons. The van der Waals surface area contributed by atoms with Gasteiger partial charge in [0, 0.05) is 6.42 Å². The minimum absolute atomic E-state index is 0.00950. The van der Waals surface area contributed by atoms with E-state index in [0.29, 0.717) is 12.4 Å². The molecule has 0 spiro atoms. The summed E-state index contributed by atoms with van der Waals surface area (Å²) in [5.74, 6) is 0.569. The van der Waals surface area contributed by atoms with Crippen LogP contribution in [0.25, 0.3) is 11.0 Å². The average Bonchev–Trinajstić information content (AvgIpc) is 2.91. The van der Waals surface area contributed by atoms with Crippen molar-refractivity contribution in [3.05, 3.63) is 54.6 Å². The number of nitrogens with zero attached hydrogens (tertiary/aromatic N) is 2. The maximum atomic E-state index is 12.3. The third-order valence-corrected chi connectivity index (χ3v) is 3.15. The summed E-state index contributed by atoms with van der Waals surface area (Å²) < 4.78 is 0. The minimum Gasteiger partial charge on any atom is -0.323 e. The summed E-state index contributed by atoms with van der Waals surface area (Å²) in [5.41, 5.74) is 2.60. The first-order valence-corrected chi connectivity index (χ1v) is 6.62. The van der Waals surface area contributed by atoms with Gasteiger partial charge in [-0.05, 0) is 24.3 Å². The maximum absolute atomic E-state index is 12.3. The Hall–Kier alpha value is -2.62. The van der Waals surface area contributed by atoms with Gasteiger partial charge < -0.3 is 4.98 Å². The quantitative estimate of drug-likeness (QED) is 0.786. The number of fused-ring (bicyclic) bond motifs is 1. The molecule has 0 saturated carbocycles.